The maximum atomic E-state index is 11.7. The van der Waals surface area contributed by atoms with E-state index in [4.69, 9.17) is 0 Å². The third-order valence-corrected chi connectivity index (χ3v) is 7.29. The van der Waals surface area contributed by atoms with E-state index in [1.54, 1.807) is 0 Å². The first-order valence-corrected chi connectivity index (χ1v) is 10.4. The lowest BCUT2D eigenvalue weighted by atomic mass is 9.64. The zero-order valence-corrected chi connectivity index (χ0v) is 17.1. The Labute approximate surface area is 172 Å². The van der Waals surface area contributed by atoms with Crippen LogP contribution in [-0.4, -0.2) is 13.1 Å². The van der Waals surface area contributed by atoms with Crippen LogP contribution in [0.1, 0.15) is 48.9 Å². The van der Waals surface area contributed by atoms with Gasteiger partial charge in [-0.2, -0.15) is 0 Å². The molecule has 2 heterocycles. The van der Waals surface area contributed by atoms with Gasteiger partial charge in [0.15, 0.2) is 0 Å². The Balaban J connectivity index is 1.79. The van der Waals surface area contributed by atoms with Crippen molar-refractivity contribution in [2.75, 3.05) is 18.0 Å². The molecular formula is C26H26N2O. The molecule has 3 aromatic carbocycles. The molecule has 29 heavy (non-hydrogen) atoms. The fraction of sp³-hybridized carbons (Fsp3) is 0.308. The quantitative estimate of drug-likeness (QED) is 0.497. The summed E-state index contributed by atoms with van der Waals surface area (Å²) in [7, 11) is 0. The van der Waals surface area contributed by atoms with Crippen molar-refractivity contribution in [2.45, 2.75) is 37.5 Å². The van der Waals surface area contributed by atoms with Crippen LogP contribution in [0.15, 0.2) is 78.0 Å². The summed E-state index contributed by atoms with van der Waals surface area (Å²) in [5, 5.41) is 3.39. The molecule has 0 saturated heterocycles. The van der Waals surface area contributed by atoms with Gasteiger partial charge in [0.05, 0.1) is 0 Å². The van der Waals surface area contributed by atoms with E-state index in [9.17, 15) is 4.91 Å². The van der Waals surface area contributed by atoms with Gasteiger partial charge in [-0.3, -0.25) is 0 Å². The smallest absolute Gasteiger partial charge is 0.108 e. The average molecular weight is 383 g/mol. The van der Waals surface area contributed by atoms with Crippen molar-refractivity contribution in [2.24, 2.45) is 5.18 Å². The molecule has 0 fully saturated rings. The highest BCUT2D eigenvalue weighted by molar-refractivity contribution is 5.74. The molecule has 0 amide bonds. The summed E-state index contributed by atoms with van der Waals surface area (Å²) in [6.07, 6.45) is 2.07. The summed E-state index contributed by atoms with van der Waals surface area (Å²) in [5.74, 6) is 0. The first-order chi connectivity index (χ1) is 14.1. The second kappa shape index (κ2) is 6.55. The minimum Gasteiger partial charge on any atom is -0.371 e. The van der Waals surface area contributed by atoms with Gasteiger partial charge in [0.25, 0.3) is 0 Å². The van der Waals surface area contributed by atoms with Gasteiger partial charge in [-0.15, -0.1) is 4.91 Å². The van der Waals surface area contributed by atoms with Crippen molar-refractivity contribution in [3.05, 3.63) is 100.0 Å². The molecule has 2 aliphatic rings. The minimum absolute atomic E-state index is 0.127. The largest absolute Gasteiger partial charge is 0.371 e. The molecule has 0 saturated carbocycles. The highest BCUT2D eigenvalue weighted by Crippen LogP contribution is 2.54. The van der Waals surface area contributed by atoms with Crippen molar-refractivity contribution in [1.29, 1.82) is 0 Å². The van der Waals surface area contributed by atoms with Crippen LogP contribution in [0.4, 0.5) is 11.4 Å². The van der Waals surface area contributed by atoms with Gasteiger partial charge >= 0.3 is 0 Å². The van der Waals surface area contributed by atoms with Gasteiger partial charge in [-0.25, -0.2) is 0 Å². The molecule has 0 spiro atoms. The first-order valence-electron chi connectivity index (χ1n) is 10.4. The number of benzene rings is 3. The highest BCUT2D eigenvalue weighted by Gasteiger charge is 2.44. The van der Waals surface area contributed by atoms with E-state index in [1.165, 1.54) is 27.9 Å². The second-order valence-electron chi connectivity index (χ2n) is 8.86. The third kappa shape index (κ3) is 2.64. The summed E-state index contributed by atoms with van der Waals surface area (Å²) in [5.41, 5.74) is 6.68. The SMILES string of the molecule is C[C@@]1(c2ccccc2)CCN2CC[C@](C)(c3ccccc3)c3cc(N=O)cc1c32. The van der Waals surface area contributed by atoms with E-state index >= 15 is 0 Å². The number of hydrogen-bond acceptors (Lipinski definition) is 3. The number of anilines is 1. The summed E-state index contributed by atoms with van der Waals surface area (Å²) in [6.45, 7) is 6.70. The van der Waals surface area contributed by atoms with Crippen LogP contribution in [0.25, 0.3) is 0 Å². The van der Waals surface area contributed by atoms with Crippen LogP contribution >= 0.6 is 0 Å². The molecule has 0 N–H and O–H groups in total. The Morgan fingerprint density at radius 1 is 0.759 bits per heavy atom. The van der Waals surface area contributed by atoms with Crippen LogP contribution in [0, 0.1) is 4.91 Å². The Bertz CT molecular complexity index is 984. The van der Waals surface area contributed by atoms with Crippen molar-refractivity contribution in [1.82, 2.24) is 0 Å². The summed E-state index contributed by atoms with van der Waals surface area (Å²) >= 11 is 0. The van der Waals surface area contributed by atoms with Crippen LogP contribution in [-0.2, 0) is 10.8 Å². The van der Waals surface area contributed by atoms with Gasteiger partial charge in [0, 0.05) is 29.6 Å². The number of nitroso groups, excluding NO2 is 1. The predicted octanol–water partition coefficient (Wildman–Crippen LogP) is 6.31. The number of hydrogen-bond donors (Lipinski definition) is 0. The molecule has 3 aromatic rings. The Morgan fingerprint density at radius 2 is 1.21 bits per heavy atom. The zero-order valence-electron chi connectivity index (χ0n) is 17.1. The van der Waals surface area contributed by atoms with Crippen LogP contribution in [0.5, 0.6) is 0 Å². The second-order valence-corrected chi connectivity index (χ2v) is 8.86. The van der Waals surface area contributed by atoms with Crippen LogP contribution < -0.4 is 4.90 Å². The third-order valence-electron chi connectivity index (χ3n) is 7.29. The Kier molecular flexibility index (Phi) is 4.09. The summed E-state index contributed by atoms with van der Waals surface area (Å²) in [6, 6.07) is 25.5. The van der Waals surface area contributed by atoms with Crippen molar-refractivity contribution in [3.8, 4) is 0 Å². The van der Waals surface area contributed by atoms with Crippen molar-refractivity contribution >= 4 is 11.4 Å². The molecule has 146 valence electrons. The van der Waals surface area contributed by atoms with Crippen LogP contribution in [0.2, 0.25) is 0 Å². The molecule has 0 aliphatic carbocycles. The lowest BCUT2D eigenvalue weighted by Crippen LogP contribution is -2.46. The van der Waals surface area contributed by atoms with Gasteiger partial charge in [-0.05, 0) is 52.4 Å². The zero-order chi connectivity index (χ0) is 20.1. The maximum Gasteiger partial charge on any atom is 0.108 e. The summed E-state index contributed by atoms with van der Waals surface area (Å²) < 4.78 is 0. The minimum atomic E-state index is -0.127. The monoisotopic (exact) mass is 382 g/mol. The summed E-state index contributed by atoms with van der Waals surface area (Å²) in [4.78, 5) is 14.2. The van der Waals surface area contributed by atoms with Gasteiger partial charge < -0.3 is 4.90 Å². The van der Waals surface area contributed by atoms with Crippen molar-refractivity contribution < 1.29 is 0 Å². The fourth-order valence-electron chi connectivity index (χ4n) is 5.39. The van der Waals surface area contributed by atoms with E-state index in [2.05, 4.69) is 84.6 Å². The maximum absolute atomic E-state index is 11.7. The molecule has 0 bridgehead atoms. The molecule has 0 unspecified atom stereocenters. The van der Waals surface area contributed by atoms with Crippen LogP contribution in [0.3, 0.4) is 0 Å². The average Bonchev–Trinajstić information content (AvgIpc) is 2.79. The molecule has 3 nitrogen and oxygen atoms in total. The highest BCUT2D eigenvalue weighted by atomic mass is 16.3. The number of rotatable bonds is 3. The van der Waals surface area contributed by atoms with Gasteiger partial charge in [-0.1, -0.05) is 74.5 Å². The molecule has 5 rings (SSSR count). The molecule has 3 heteroatoms. The predicted molar refractivity (Wildman–Crippen MR) is 119 cm³/mol. The molecular weight excluding hydrogens is 356 g/mol. The fourth-order valence-corrected chi connectivity index (χ4v) is 5.39. The van der Waals surface area contributed by atoms with E-state index in [-0.39, 0.29) is 10.8 Å². The van der Waals surface area contributed by atoms with Gasteiger partial charge in [0.1, 0.15) is 5.69 Å². The topological polar surface area (TPSA) is 32.7 Å². The molecule has 2 aliphatic heterocycles. The standard InChI is InChI=1S/C26H26N2O/c1-25(19-9-5-3-6-10-19)13-15-28-16-14-26(2,20-11-7-4-8-12-20)23-18-21(27-29)17-22(25)24(23)28/h3-12,17-18H,13-16H2,1-2H3/t25-,26+. The molecule has 2 atom stereocenters. The molecule has 0 radical (unpaired) electrons. The lowest BCUT2D eigenvalue weighted by Gasteiger charge is -2.50. The van der Waals surface area contributed by atoms with E-state index < -0.39 is 0 Å². The Morgan fingerprint density at radius 3 is 1.62 bits per heavy atom. The van der Waals surface area contributed by atoms with Crippen molar-refractivity contribution in [3.63, 3.8) is 0 Å². The number of nitrogens with zero attached hydrogens (tertiary/aromatic N) is 2. The van der Waals surface area contributed by atoms with Gasteiger partial charge in [0.2, 0.25) is 0 Å². The molecule has 0 aromatic heterocycles. The van der Waals surface area contributed by atoms with E-state index in [0.29, 0.717) is 5.69 Å². The first kappa shape index (κ1) is 18.1. The normalized spacial score (nSPS) is 25.4. The Hall–Kier alpha value is -2.94. The lowest BCUT2D eigenvalue weighted by molar-refractivity contribution is 0.433. The van der Waals surface area contributed by atoms with E-state index in [1.807, 2.05) is 12.1 Å². The van der Waals surface area contributed by atoms with E-state index in [0.717, 1.165) is 25.9 Å².